The number of ether oxygens (including phenoxy) is 1. The molecule has 0 bridgehead atoms. The zero-order valence-electron chi connectivity index (χ0n) is 13.4. The molecule has 0 saturated heterocycles. The Labute approximate surface area is 122 Å². The second-order valence-corrected chi connectivity index (χ2v) is 5.94. The summed E-state index contributed by atoms with van der Waals surface area (Å²) in [6, 6.07) is 0. The Morgan fingerprint density at radius 2 is 1.55 bits per heavy atom. The van der Waals surface area contributed by atoms with Gasteiger partial charge in [0.25, 0.3) is 0 Å². The third-order valence-electron chi connectivity index (χ3n) is 2.60. The first-order chi connectivity index (χ1) is 9.35. The lowest BCUT2D eigenvalue weighted by atomic mass is 10.2. The fraction of sp³-hybridized carbons (Fsp3) is 0.867. The van der Waals surface area contributed by atoms with Gasteiger partial charge in [-0.3, -0.25) is 4.79 Å². The van der Waals surface area contributed by atoms with Crippen molar-refractivity contribution < 1.29 is 14.3 Å². The van der Waals surface area contributed by atoms with Crippen LogP contribution >= 0.6 is 0 Å². The third kappa shape index (κ3) is 13.2. The molecule has 0 aromatic carbocycles. The first-order valence-electron chi connectivity index (χ1n) is 7.58. The minimum absolute atomic E-state index is 0.124. The van der Waals surface area contributed by atoms with E-state index in [-0.39, 0.29) is 12.0 Å². The number of hydrogen-bond donors (Lipinski definition) is 2. The van der Waals surface area contributed by atoms with E-state index < -0.39 is 5.60 Å². The van der Waals surface area contributed by atoms with E-state index in [1.807, 2.05) is 20.8 Å². The Bertz CT molecular complexity index is 285. The largest absolute Gasteiger partial charge is 0.444 e. The molecule has 118 valence electrons. The smallest absolute Gasteiger partial charge is 0.407 e. The first-order valence-corrected chi connectivity index (χ1v) is 7.58. The second kappa shape index (κ2) is 10.5. The quantitative estimate of drug-likeness (QED) is 0.640. The molecule has 0 aliphatic rings. The summed E-state index contributed by atoms with van der Waals surface area (Å²) in [7, 11) is 0. The van der Waals surface area contributed by atoms with Crippen LogP contribution in [0, 0.1) is 0 Å². The number of unbranched alkanes of at least 4 members (excludes halogenated alkanes) is 3. The molecule has 0 radical (unpaired) electrons. The van der Waals surface area contributed by atoms with Crippen molar-refractivity contribution in [3.8, 4) is 0 Å². The highest BCUT2D eigenvalue weighted by Gasteiger charge is 2.15. The lowest BCUT2D eigenvalue weighted by Gasteiger charge is -2.19. The molecule has 2 N–H and O–H groups in total. The van der Waals surface area contributed by atoms with Crippen LogP contribution in [-0.4, -0.2) is 30.7 Å². The average Bonchev–Trinajstić information content (AvgIpc) is 2.31. The molecule has 0 atom stereocenters. The van der Waals surface area contributed by atoms with E-state index in [2.05, 4.69) is 17.6 Å². The predicted molar refractivity (Wildman–Crippen MR) is 80.6 cm³/mol. The van der Waals surface area contributed by atoms with Gasteiger partial charge >= 0.3 is 6.09 Å². The van der Waals surface area contributed by atoms with E-state index in [1.165, 1.54) is 0 Å². The molecule has 0 rings (SSSR count). The highest BCUT2D eigenvalue weighted by molar-refractivity contribution is 5.75. The van der Waals surface area contributed by atoms with Crippen molar-refractivity contribution in [2.45, 2.75) is 71.8 Å². The highest BCUT2D eigenvalue weighted by Crippen LogP contribution is 2.06. The van der Waals surface area contributed by atoms with E-state index in [9.17, 15) is 9.59 Å². The molecule has 0 spiro atoms. The number of amides is 2. The normalized spacial score (nSPS) is 11.0. The zero-order valence-corrected chi connectivity index (χ0v) is 13.4. The standard InChI is InChI=1S/C15H30N2O3/c1-5-6-7-10-13(18)16-11-8-9-12-17-14(19)20-15(2,3)4/h5-12H2,1-4H3,(H,16,18)(H,17,19). The first kappa shape index (κ1) is 18.7. The van der Waals surface area contributed by atoms with Crippen molar-refractivity contribution in [2.24, 2.45) is 0 Å². The molecule has 0 saturated carbocycles. The van der Waals surface area contributed by atoms with Gasteiger partial charge in [-0.05, 0) is 40.0 Å². The molecule has 0 aliphatic carbocycles. The Morgan fingerprint density at radius 3 is 2.10 bits per heavy atom. The Hall–Kier alpha value is -1.26. The summed E-state index contributed by atoms with van der Waals surface area (Å²) in [6.07, 6.45) is 5.11. The minimum atomic E-state index is -0.462. The maximum atomic E-state index is 11.4. The van der Waals surface area contributed by atoms with Gasteiger partial charge in [0.05, 0.1) is 0 Å². The summed E-state index contributed by atoms with van der Waals surface area (Å²) in [5.41, 5.74) is -0.462. The lowest BCUT2D eigenvalue weighted by Crippen LogP contribution is -2.33. The lowest BCUT2D eigenvalue weighted by molar-refractivity contribution is -0.121. The summed E-state index contributed by atoms with van der Waals surface area (Å²) >= 11 is 0. The van der Waals surface area contributed by atoms with Gasteiger partial charge in [0.1, 0.15) is 5.60 Å². The predicted octanol–water partition coefficient (Wildman–Crippen LogP) is 2.99. The van der Waals surface area contributed by atoms with Gasteiger partial charge in [0.2, 0.25) is 5.91 Å². The number of nitrogens with one attached hydrogen (secondary N) is 2. The molecule has 2 amide bonds. The summed E-state index contributed by atoms with van der Waals surface area (Å²) in [4.78, 5) is 22.8. The molecule has 0 aliphatic heterocycles. The van der Waals surface area contributed by atoms with Crippen molar-refractivity contribution in [3.63, 3.8) is 0 Å². The van der Waals surface area contributed by atoms with Crippen molar-refractivity contribution >= 4 is 12.0 Å². The molecular formula is C15H30N2O3. The summed E-state index contributed by atoms with van der Waals surface area (Å²) < 4.78 is 5.12. The van der Waals surface area contributed by atoms with E-state index in [1.54, 1.807) is 0 Å². The molecule has 0 heterocycles. The maximum Gasteiger partial charge on any atom is 0.407 e. The zero-order chi connectivity index (χ0) is 15.4. The van der Waals surface area contributed by atoms with Crippen molar-refractivity contribution in [2.75, 3.05) is 13.1 Å². The van der Waals surface area contributed by atoms with E-state index in [0.29, 0.717) is 19.5 Å². The summed E-state index contributed by atoms with van der Waals surface area (Å²) in [5, 5.41) is 5.58. The van der Waals surface area contributed by atoms with Gasteiger partial charge in [-0.2, -0.15) is 0 Å². The highest BCUT2D eigenvalue weighted by atomic mass is 16.6. The van der Waals surface area contributed by atoms with Gasteiger partial charge in [-0.25, -0.2) is 4.79 Å². The molecule has 0 aromatic rings. The van der Waals surface area contributed by atoms with Crippen LogP contribution in [0.1, 0.15) is 66.2 Å². The van der Waals surface area contributed by atoms with Crippen molar-refractivity contribution in [1.29, 1.82) is 0 Å². The number of hydrogen-bond acceptors (Lipinski definition) is 3. The number of alkyl carbamates (subject to hydrolysis) is 1. The average molecular weight is 286 g/mol. The summed E-state index contributed by atoms with van der Waals surface area (Å²) in [6.45, 7) is 8.86. The van der Waals surface area contributed by atoms with Gasteiger partial charge in [-0.1, -0.05) is 19.8 Å². The second-order valence-electron chi connectivity index (χ2n) is 5.94. The fourth-order valence-corrected chi connectivity index (χ4v) is 1.61. The molecule has 5 heteroatoms. The minimum Gasteiger partial charge on any atom is -0.444 e. The molecule has 5 nitrogen and oxygen atoms in total. The third-order valence-corrected chi connectivity index (χ3v) is 2.60. The molecule has 0 aromatic heterocycles. The topological polar surface area (TPSA) is 67.4 Å². The summed E-state index contributed by atoms with van der Waals surface area (Å²) in [5.74, 6) is 0.124. The van der Waals surface area contributed by atoms with Crippen LogP contribution in [0.5, 0.6) is 0 Å². The van der Waals surface area contributed by atoms with Crippen LogP contribution in [0.3, 0.4) is 0 Å². The van der Waals surface area contributed by atoms with E-state index in [4.69, 9.17) is 4.74 Å². The van der Waals surface area contributed by atoms with Crippen LogP contribution in [0.2, 0.25) is 0 Å². The van der Waals surface area contributed by atoms with Crippen LogP contribution in [0.4, 0.5) is 4.79 Å². The van der Waals surface area contributed by atoms with Crippen molar-refractivity contribution in [3.05, 3.63) is 0 Å². The van der Waals surface area contributed by atoms with E-state index >= 15 is 0 Å². The van der Waals surface area contributed by atoms with Crippen LogP contribution in [0.25, 0.3) is 0 Å². The van der Waals surface area contributed by atoms with Crippen LogP contribution in [-0.2, 0) is 9.53 Å². The fourth-order valence-electron chi connectivity index (χ4n) is 1.61. The van der Waals surface area contributed by atoms with Gasteiger partial charge in [0.15, 0.2) is 0 Å². The SMILES string of the molecule is CCCCCC(=O)NCCCCNC(=O)OC(C)(C)C. The van der Waals surface area contributed by atoms with E-state index in [0.717, 1.165) is 32.1 Å². The molecule has 0 unspecified atom stereocenters. The number of carbonyl (C=O) groups excluding carboxylic acids is 2. The van der Waals surface area contributed by atoms with Crippen LogP contribution < -0.4 is 10.6 Å². The molecule has 20 heavy (non-hydrogen) atoms. The monoisotopic (exact) mass is 286 g/mol. The Balaban J connectivity index is 3.40. The van der Waals surface area contributed by atoms with Crippen LogP contribution in [0.15, 0.2) is 0 Å². The van der Waals surface area contributed by atoms with Gasteiger partial charge in [0, 0.05) is 19.5 Å². The van der Waals surface area contributed by atoms with Gasteiger partial charge < -0.3 is 15.4 Å². The Kier molecular flexibility index (Phi) is 9.86. The Morgan fingerprint density at radius 1 is 0.950 bits per heavy atom. The van der Waals surface area contributed by atoms with Crippen molar-refractivity contribution in [1.82, 2.24) is 10.6 Å². The number of rotatable bonds is 9. The number of carbonyl (C=O) groups is 2. The maximum absolute atomic E-state index is 11.4. The van der Waals surface area contributed by atoms with Gasteiger partial charge in [-0.15, -0.1) is 0 Å². The molecular weight excluding hydrogens is 256 g/mol. The molecule has 0 fully saturated rings.